The maximum absolute atomic E-state index is 12.8. The first-order chi connectivity index (χ1) is 15.5. The fourth-order valence-corrected chi connectivity index (χ4v) is 3.96. The van der Waals surface area contributed by atoms with E-state index in [2.05, 4.69) is 40.5 Å². The average molecular weight is 436 g/mol. The number of likely N-dealkylation sites (N-methyl/N-ethyl adjacent to an activating group) is 1. The maximum atomic E-state index is 12.8. The van der Waals surface area contributed by atoms with Crippen molar-refractivity contribution in [3.05, 3.63) is 71.5 Å². The lowest BCUT2D eigenvalue weighted by Gasteiger charge is -2.30. The van der Waals surface area contributed by atoms with Gasteiger partial charge < -0.3 is 15.4 Å². The van der Waals surface area contributed by atoms with E-state index in [1.807, 2.05) is 67.1 Å². The fraction of sp³-hybridized carbons (Fsp3) is 0.360. The fourth-order valence-electron chi connectivity index (χ4n) is 3.96. The summed E-state index contributed by atoms with van der Waals surface area (Å²) in [5, 5.41) is 10.6. The van der Waals surface area contributed by atoms with Crippen LogP contribution in [0.4, 0.5) is 10.5 Å². The molecule has 1 atom stereocenters. The molecule has 2 aromatic carbocycles. The van der Waals surface area contributed by atoms with Gasteiger partial charge in [0, 0.05) is 6.54 Å². The molecule has 0 saturated heterocycles. The normalized spacial score (nSPS) is 11.9. The number of nitrogens with one attached hydrogen (secondary N) is 2. The van der Waals surface area contributed by atoms with Crippen LogP contribution in [0.3, 0.4) is 0 Å². The van der Waals surface area contributed by atoms with Gasteiger partial charge in [-0.2, -0.15) is 5.10 Å². The number of aromatic nitrogens is 2. The summed E-state index contributed by atoms with van der Waals surface area (Å²) >= 11 is 0. The second-order valence-corrected chi connectivity index (χ2v) is 7.64. The van der Waals surface area contributed by atoms with Gasteiger partial charge in [-0.05, 0) is 56.8 Å². The second kappa shape index (κ2) is 10.8. The molecular formula is C25H33N5O2. The van der Waals surface area contributed by atoms with Crippen LogP contribution in [0.25, 0.3) is 5.69 Å². The van der Waals surface area contributed by atoms with Gasteiger partial charge in [0.15, 0.2) is 0 Å². The summed E-state index contributed by atoms with van der Waals surface area (Å²) in [6.07, 6.45) is 0. The zero-order valence-electron chi connectivity index (χ0n) is 19.6. The highest BCUT2D eigenvalue weighted by atomic mass is 16.5. The van der Waals surface area contributed by atoms with E-state index in [4.69, 9.17) is 4.74 Å². The molecule has 0 fully saturated rings. The molecule has 0 radical (unpaired) electrons. The topological polar surface area (TPSA) is 71.4 Å². The van der Waals surface area contributed by atoms with Crippen molar-refractivity contribution in [1.82, 2.24) is 20.0 Å². The van der Waals surface area contributed by atoms with Crippen LogP contribution in [0.15, 0.2) is 54.6 Å². The molecule has 3 rings (SSSR count). The highest BCUT2D eigenvalue weighted by Crippen LogP contribution is 2.25. The number of hydrogen-bond donors (Lipinski definition) is 2. The van der Waals surface area contributed by atoms with Crippen LogP contribution < -0.4 is 15.4 Å². The quantitative estimate of drug-likeness (QED) is 0.511. The van der Waals surface area contributed by atoms with Gasteiger partial charge in [-0.15, -0.1) is 0 Å². The Labute approximate surface area is 190 Å². The Morgan fingerprint density at radius 3 is 2.47 bits per heavy atom. The molecular weight excluding hydrogens is 402 g/mol. The number of methoxy groups -OCH3 is 1. The number of carbonyl (C=O) groups is 1. The molecule has 0 saturated carbocycles. The number of rotatable bonds is 9. The lowest BCUT2D eigenvalue weighted by atomic mass is 10.0. The van der Waals surface area contributed by atoms with Crippen molar-refractivity contribution in [2.45, 2.75) is 33.7 Å². The minimum absolute atomic E-state index is 0.0417. The number of benzene rings is 2. The highest BCUT2D eigenvalue weighted by Gasteiger charge is 2.21. The number of nitrogens with zero attached hydrogens (tertiary/aromatic N) is 3. The van der Waals surface area contributed by atoms with E-state index in [-0.39, 0.29) is 12.1 Å². The van der Waals surface area contributed by atoms with Gasteiger partial charge in [-0.3, -0.25) is 4.90 Å². The molecule has 2 N–H and O–H groups in total. The molecule has 0 aliphatic carbocycles. The Bertz CT molecular complexity index is 1030. The maximum Gasteiger partial charge on any atom is 0.319 e. The van der Waals surface area contributed by atoms with Crippen LogP contribution in [0.5, 0.6) is 5.75 Å². The van der Waals surface area contributed by atoms with E-state index in [1.165, 1.54) is 0 Å². The lowest BCUT2D eigenvalue weighted by molar-refractivity contribution is 0.209. The number of carbonyl (C=O) groups excluding carboxylic acids is 1. The summed E-state index contributed by atoms with van der Waals surface area (Å²) in [5.74, 6) is 0.809. The van der Waals surface area contributed by atoms with Crippen molar-refractivity contribution < 1.29 is 9.53 Å². The summed E-state index contributed by atoms with van der Waals surface area (Å²) in [7, 11) is 1.66. The van der Waals surface area contributed by atoms with Gasteiger partial charge >= 0.3 is 6.03 Å². The Morgan fingerprint density at radius 1 is 1.09 bits per heavy atom. The lowest BCUT2D eigenvalue weighted by Crippen LogP contribution is -2.39. The van der Waals surface area contributed by atoms with Crippen LogP contribution in [-0.4, -0.2) is 47.5 Å². The summed E-state index contributed by atoms with van der Waals surface area (Å²) in [6.45, 7) is 10.3. The minimum atomic E-state index is -0.246. The number of urea groups is 1. The molecule has 2 amide bonds. The molecule has 3 aromatic rings. The van der Waals surface area contributed by atoms with Gasteiger partial charge in [0.25, 0.3) is 0 Å². The van der Waals surface area contributed by atoms with Crippen LogP contribution in [0.2, 0.25) is 0 Å². The monoisotopic (exact) mass is 435 g/mol. The molecule has 7 nitrogen and oxygen atoms in total. The number of aryl methyl sites for hydroxylation is 1. The van der Waals surface area contributed by atoms with Crippen molar-refractivity contribution >= 4 is 11.7 Å². The van der Waals surface area contributed by atoms with E-state index in [1.54, 1.807) is 7.11 Å². The van der Waals surface area contributed by atoms with Crippen LogP contribution in [0, 0.1) is 13.8 Å². The highest BCUT2D eigenvalue weighted by molar-refractivity contribution is 5.90. The molecule has 0 aliphatic rings. The summed E-state index contributed by atoms with van der Waals surface area (Å²) in [5.41, 5.74) is 4.46. The molecule has 0 bridgehead atoms. The first-order valence-corrected chi connectivity index (χ1v) is 11.0. The molecule has 1 unspecified atom stereocenters. The predicted octanol–water partition coefficient (Wildman–Crippen LogP) is 4.70. The van der Waals surface area contributed by atoms with Gasteiger partial charge in [0.1, 0.15) is 5.75 Å². The number of hydrogen-bond acceptors (Lipinski definition) is 4. The van der Waals surface area contributed by atoms with Crippen molar-refractivity contribution in [2.75, 3.05) is 32.1 Å². The van der Waals surface area contributed by atoms with E-state index < -0.39 is 0 Å². The summed E-state index contributed by atoms with van der Waals surface area (Å²) < 4.78 is 7.24. The molecule has 7 heteroatoms. The third-order valence-electron chi connectivity index (χ3n) is 5.72. The molecule has 32 heavy (non-hydrogen) atoms. The van der Waals surface area contributed by atoms with E-state index in [9.17, 15) is 4.79 Å². The van der Waals surface area contributed by atoms with E-state index in [0.717, 1.165) is 47.2 Å². The smallest absolute Gasteiger partial charge is 0.319 e. The van der Waals surface area contributed by atoms with Gasteiger partial charge in [0.2, 0.25) is 0 Å². The molecule has 170 valence electrons. The largest absolute Gasteiger partial charge is 0.497 e. The van der Waals surface area contributed by atoms with Crippen molar-refractivity contribution in [2.24, 2.45) is 0 Å². The Kier molecular flexibility index (Phi) is 7.89. The first kappa shape index (κ1) is 23.3. The molecule has 0 aliphatic heterocycles. The minimum Gasteiger partial charge on any atom is -0.497 e. The Morgan fingerprint density at radius 2 is 1.81 bits per heavy atom. The predicted molar refractivity (Wildman–Crippen MR) is 129 cm³/mol. The molecule has 1 aromatic heterocycles. The van der Waals surface area contributed by atoms with Gasteiger partial charge in [0.05, 0.1) is 35.9 Å². The van der Waals surface area contributed by atoms with Crippen molar-refractivity contribution in [3.8, 4) is 11.4 Å². The van der Waals surface area contributed by atoms with Crippen LogP contribution in [-0.2, 0) is 0 Å². The van der Waals surface area contributed by atoms with Crippen molar-refractivity contribution in [3.63, 3.8) is 0 Å². The Balaban J connectivity index is 1.74. The van der Waals surface area contributed by atoms with Gasteiger partial charge in [-0.25, -0.2) is 9.48 Å². The standard InChI is InChI=1S/C25H33N5O2/c1-6-29(7-2)23(20-12-11-15-22(16-20)32-5)17-26-25(31)27-24-18(3)28-30(19(24)4)21-13-9-8-10-14-21/h8-16,23H,6-7,17H2,1-5H3,(H2,26,27,31). The zero-order valence-corrected chi connectivity index (χ0v) is 19.6. The number of amides is 2. The summed E-state index contributed by atoms with van der Waals surface area (Å²) in [6, 6.07) is 17.7. The Hall–Kier alpha value is -3.32. The first-order valence-electron chi connectivity index (χ1n) is 11.0. The van der Waals surface area contributed by atoms with Gasteiger partial charge in [-0.1, -0.05) is 44.2 Å². The van der Waals surface area contributed by atoms with Crippen molar-refractivity contribution in [1.29, 1.82) is 0 Å². The SMILES string of the molecule is CCN(CC)C(CNC(=O)Nc1c(C)nn(-c2ccccc2)c1C)c1cccc(OC)c1. The number of ether oxygens (including phenoxy) is 1. The van der Waals surface area contributed by atoms with Crippen LogP contribution >= 0.6 is 0 Å². The zero-order chi connectivity index (χ0) is 23.1. The number of anilines is 1. The third-order valence-corrected chi connectivity index (χ3v) is 5.72. The molecule has 0 spiro atoms. The second-order valence-electron chi connectivity index (χ2n) is 7.64. The average Bonchev–Trinajstić information content (AvgIpc) is 3.10. The van der Waals surface area contributed by atoms with Crippen LogP contribution in [0.1, 0.15) is 36.8 Å². The summed E-state index contributed by atoms with van der Waals surface area (Å²) in [4.78, 5) is 15.1. The number of para-hydroxylation sites is 1. The van der Waals surface area contributed by atoms with E-state index in [0.29, 0.717) is 6.54 Å². The van der Waals surface area contributed by atoms with E-state index >= 15 is 0 Å². The third kappa shape index (κ3) is 5.29. The molecule has 1 heterocycles.